The number of hydrogen-bond acceptors (Lipinski definition) is 6. The number of ether oxygens (including phenoxy) is 1. The number of alkyl halides is 3. The highest BCUT2D eigenvalue weighted by Gasteiger charge is 2.42. The van der Waals surface area contributed by atoms with E-state index in [0.29, 0.717) is 6.54 Å². The molecule has 3 aromatic carbocycles. The van der Waals surface area contributed by atoms with E-state index < -0.39 is 40.3 Å². The minimum absolute atomic E-state index is 0.227. The Balaban J connectivity index is 1.44. The van der Waals surface area contributed by atoms with Gasteiger partial charge in [-0.25, -0.2) is 13.1 Å². The van der Waals surface area contributed by atoms with E-state index in [1.807, 2.05) is 48.3 Å². The molecule has 0 amide bonds. The van der Waals surface area contributed by atoms with Crippen molar-refractivity contribution in [2.24, 2.45) is 0 Å². The van der Waals surface area contributed by atoms with Gasteiger partial charge in [0.05, 0.1) is 23.1 Å². The fraction of sp³-hybridized carbons (Fsp3) is 0.333. The summed E-state index contributed by atoms with van der Waals surface area (Å²) in [5.74, 6) is -0.521. The minimum atomic E-state index is -4.88. The lowest BCUT2D eigenvalue weighted by atomic mass is 9.95. The van der Waals surface area contributed by atoms with Crippen LogP contribution in [0.25, 0.3) is 0 Å². The number of nitrogens with one attached hydrogen (secondary N) is 1. The van der Waals surface area contributed by atoms with E-state index in [0.717, 1.165) is 59.6 Å². The lowest BCUT2D eigenvalue weighted by molar-refractivity contribution is -0.274. The normalized spacial score (nSPS) is 22.3. The highest BCUT2D eigenvalue weighted by atomic mass is 32.2. The smallest absolute Gasteiger partial charge is 0.406 e. The van der Waals surface area contributed by atoms with E-state index in [2.05, 4.69) is 26.5 Å². The standard InChI is InChI=1S/C27H28F3N3O4S/c1-32-16-22(31-38(35,36)21-14-12-20(13-15-21)37-27(28,29)30)26(34)25(17-32)33-23-8-4-2-6-18(23)10-11-19-7-3-5-9-24(19)33/h2-9,12-15,22,25-26,31,34H,10-11,16-17H2,1H3/t22-,25+,26+/m1/s1. The highest BCUT2D eigenvalue weighted by molar-refractivity contribution is 7.89. The number of anilines is 2. The number of para-hydroxylation sites is 2. The number of benzene rings is 3. The van der Waals surface area contributed by atoms with E-state index >= 15 is 0 Å². The molecule has 7 nitrogen and oxygen atoms in total. The van der Waals surface area contributed by atoms with E-state index in [1.165, 1.54) is 0 Å². The Labute approximate surface area is 219 Å². The maximum atomic E-state index is 13.2. The van der Waals surface area contributed by atoms with E-state index in [1.54, 1.807) is 0 Å². The maximum Gasteiger partial charge on any atom is 0.573 e. The summed E-state index contributed by atoms with van der Waals surface area (Å²) < 4.78 is 70.2. The third-order valence-corrected chi connectivity index (χ3v) is 8.49. The summed E-state index contributed by atoms with van der Waals surface area (Å²) in [5, 5.41) is 11.6. The zero-order valence-corrected chi connectivity index (χ0v) is 21.4. The van der Waals surface area contributed by atoms with Crippen molar-refractivity contribution in [2.75, 3.05) is 25.0 Å². The van der Waals surface area contributed by atoms with Crippen molar-refractivity contribution in [2.45, 2.75) is 42.3 Å². The first-order valence-corrected chi connectivity index (χ1v) is 13.7. The number of piperidine rings is 1. The number of rotatable bonds is 5. The monoisotopic (exact) mass is 547 g/mol. The molecule has 3 aromatic rings. The summed E-state index contributed by atoms with van der Waals surface area (Å²) in [7, 11) is -2.29. The SMILES string of the molecule is CN1C[C@@H](NS(=O)(=O)c2ccc(OC(F)(F)F)cc2)[C@H](O)[C@@H](N2c3ccccc3CCc3ccccc32)C1. The third kappa shape index (κ3) is 5.51. The van der Waals surface area contributed by atoms with Gasteiger partial charge >= 0.3 is 6.36 Å². The molecule has 2 N–H and O–H groups in total. The van der Waals surface area contributed by atoms with Gasteiger partial charge in [0.1, 0.15) is 5.75 Å². The molecule has 38 heavy (non-hydrogen) atoms. The molecule has 2 aliphatic rings. The predicted molar refractivity (Wildman–Crippen MR) is 137 cm³/mol. The van der Waals surface area contributed by atoms with Gasteiger partial charge in [-0.2, -0.15) is 0 Å². The van der Waals surface area contributed by atoms with Crippen molar-refractivity contribution < 1.29 is 31.4 Å². The van der Waals surface area contributed by atoms with Gasteiger partial charge in [0.25, 0.3) is 0 Å². The summed E-state index contributed by atoms with van der Waals surface area (Å²) >= 11 is 0. The van der Waals surface area contributed by atoms with Crippen molar-refractivity contribution in [3.63, 3.8) is 0 Å². The van der Waals surface area contributed by atoms with Crippen molar-refractivity contribution in [3.8, 4) is 5.75 Å². The Bertz CT molecular complexity index is 1350. The molecule has 202 valence electrons. The van der Waals surface area contributed by atoms with Crippen LogP contribution in [0.3, 0.4) is 0 Å². The molecule has 0 unspecified atom stereocenters. The topological polar surface area (TPSA) is 82.1 Å². The quantitative estimate of drug-likeness (QED) is 0.505. The molecule has 5 rings (SSSR count). The number of likely N-dealkylation sites (tertiary alicyclic amines) is 1. The lowest BCUT2D eigenvalue weighted by Gasteiger charge is -2.46. The Kier molecular flexibility index (Phi) is 7.12. The first kappa shape index (κ1) is 26.5. The van der Waals surface area contributed by atoms with Gasteiger partial charge in [-0.3, -0.25) is 0 Å². The molecule has 2 aliphatic heterocycles. The Morgan fingerprint density at radius 1 is 0.895 bits per heavy atom. The van der Waals surface area contributed by atoms with Gasteiger partial charge in [-0.15, -0.1) is 13.2 Å². The van der Waals surface area contributed by atoms with Crippen LogP contribution in [0.15, 0.2) is 77.7 Å². The number of aryl methyl sites for hydroxylation is 2. The largest absolute Gasteiger partial charge is 0.573 e. The number of aliphatic hydroxyl groups is 1. The number of sulfonamides is 1. The average molecular weight is 548 g/mol. The number of fused-ring (bicyclic) bond motifs is 2. The highest BCUT2D eigenvalue weighted by Crippen LogP contribution is 2.39. The van der Waals surface area contributed by atoms with Crippen molar-refractivity contribution in [1.29, 1.82) is 0 Å². The number of likely N-dealkylation sites (N-methyl/N-ethyl adjacent to an activating group) is 1. The van der Waals surface area contributed by atoms with Crippen LogP contribution >= 0.6 is 0 Å². The van der Waals surface area contributed by atoms with Crippen LogP contribution < -0.4 is 14.4 Å². The van der Waals surface area contributed by atoms with E-state index in [4.69, 9.17) is 0 Å². The Morgan fingerprint density at radius 2 is 1.45 bits per heavy atom. The van der Waals surface area contributed by atoms with Crippen LogP contribution in [0.2, 0.25) is 0 Å². The Hall–Kier alpha value is -3.12. The molecule has 0 saturated carbocycles. The van der Waals surface area contributed by atoms with E-state index in [9.17, 15) is 26.7 Å². The summed E-state index contributed by atoms with van der Waals surface area (Å²) in [6.07, 6.45) is -4.28. The molecule has 0 aromatic heterocycles. The van der Waals surface area contributed by atoms with Crippen molar-refractivity contribution in [3.05, 3.63) is 83.9 Å². The van der Waals surface area contributed by atoms with Crippen LogP contribution in [-0.4, -0.2) is 63.1 Å². The van der Waals surface area contributed by atoms with Crippen LogP contribution in [0.5, 0.6) is 5.75 Å². The average Bonchev–Trinajstić information content (AvgIpc) is 3.02. The molecule has 0 spiro atoms. The van der Waals surface area contributed by atoms with Crippen molar-refractivity contribution >= 4 is 21.4 Å². The molecule has 3 atom stereocenters. The fourth-order valence-corrected chi connectivity index (χ4v) is 6.56. The second-order valence-electron chi connectivity index (χ2n) is 9.65. The number of hydrogen-bond donors (Lipinski definition) is 2. The molecule has 1 fully saturated rings. The first-order chi connectivity index (χ1) is 18.0. The van der Waals surface area contributed by atoms with Gasteiger partial charge in [-0.05, 0) is 67.4 Å². The van der Waals surface area contributed by atoms with Crippen LogP contribution in [0.4, 0.5) is 24.5 Å². The predicted octanol–water partition coefficient (Wildman–Crippen LogP) is 3.84. The third-order valence-electron chi connectivity index (χ3n) is 6.99. The maximum absolute atomic E-state index is 13.2. The first-order valence-electron chi connectivity index (χ1n) is 12.2. The minimum Gasteiger partial charge on any atom is -0.406 e. The van der Waals surface area contributed by atoms with Crippen LogP contribution in [0.1, 0.15) is 11.1 Å². The van der Waals surface area contributed by atoms with Gasteiger partial charge in [-0.1, -0.05) is 36.4 Å². The Morgan fingerprint density at radius 3 is 2.00 bits per heavy atom. The number of halogens is 3. The fourth-order valence-electron chi connectivity index (χ4n) is 5.31. The van der Waals surface area contributed by atoms with Gasteiger partial charge in [0.15, 0.2) is 0 Å². The van der Waals surface area contributed by atoms with Crippen molar-refractivity contribution in [1.82, 2.24) is 9.62 Å². The zero-order chi connectivity index (χ0) is 27.1. The van der Waals surface area contributed by atoms with Crippen LogP contribution in [0, 0.1) is 0 Å². The molecule has 0 bridgehead atoms. The molecular weight excluding hydrogens is 519 g/mol. The number of nitrogens with zero attached hydrogens (tertiary/aromatic N) is 2. The summed E-state index contributed by atoms with van der Waals surface area (Å²) in [4.78, 5) is 3.85. The number of aliphatic hydroxyl groups excluding tert-OH is 1. The van der Waals surface area contributed by atoms with Crippen LogP contribution in [-0.2, 0) is 22.9 Å². The van der Waals surface area contributed by atoms with Gasteiger partial charge in [0, 0.05) is 24.5 Å². The zero-order valence-electron chi connectivity index (χ0n) is 20.6. The lowest BCUT2D eigenvalue weighted by Crippen LogP contribution is -2.64. The van der Waals surface area contributed by atoms with Gasteiger partial charge in [0.2, 0.25) is 10.0 Å². The molecule has 2 heterocycles. The second-order valence-corrected chi connectivity index (χ2v) is 11.4. The summed E-state index contributed by atoms with van der Waals surface area (Å²) in [6, 6.07) is 18.7. The molecule has 11 heteroatoms. The van der Waals surface area contributed by atoms with Gasteiger partial charge < -0.3 is 19.6 Å². The summed E-state index contributed by atoms with van der Waals surface area (Å²) in [6.45, 7) is 0.745. The molecule has 0 aliphatic carbocycles. The molecular formula is C27H28F3N3O4S. The second kappa shape index (κ2) is 10.2. The molecule has 0 radical (unpaired) electrons. The van der Waals surface area contributed by atoms with E-state index in [-0.39, 0.29) is 11.4 Å². The molecule has 1 saturated heterocycles. The summed E-state index contributed by atoms with van der Waals surface area (Å²) in [5.41, 5.74) is 4.22.